The lowest BCUT2D eigenvalue weighted by Gasteiger charge is -2.23. The minimum absolute atomic E-state index is 0.163. The molecule has 1 nitrogen and oxygen atoms in total. The van der Waals surface area contributed by atoms with Gasteiger partial charge in [-0.05, 0) is 61.8 Å². The maximum Gasteiger partial charge on any atom is 0.0447 e. The molecule has 0 saturated carbocycles. The van der Waals surface area contributed by atoms with Crippen LogP contribution in [0, 0.1) is 13.8 Å². The molecule has 3 aromatic rings. The Balaban J connectivity index is 0.000000701. The smallest absolute Gasteiger partial charge is 0.0447 e. The standard InChI is InChI=1S/C21H19Cl.C2H7N/c1-15-9-3-5-11-17(15)21(18-12-6-4-10-16(18)2)19-13-7-8-14-20(19)22;1-3-2/h3-14,21H,1-2H3;3H,1-2H3. The van der Waals surface area contributed by atoms with Crippen LogP contribution in [0.2, 0.25) is 5.02 Å². The van der Waals surface area contributed by atoms with Crippen LogP contribution in [0.25, 0.3) is 0 Å². The maximum absolute atomic E-state index is 6.52. The van der Waals surface area contributed by atoms with Crippen molar-refractivity contribution in [3.63, 3.8) is 0 Å². The van der Waals surface area contributed by atoms with Crippen LogP contribution < -0.4 is 5.32 Å². The van der Waals surface area contributed by atoms with Gasteiger partial charge in [-0.3, -0.25) is 0 Å². The summed E-state index contributed by atoms with van der Waals surface area (Å²) in [4.78, 5) is 0. The second-order valence-electron chi connectivity index (χ2n) is 6.17. The van der Waals surface area contributed by atoms with Crippen LogP contribution in [0.15, 0.2) is 72.8 Å². The summed E-state index contributed by atoms with van der Waals surface area (Å²) in [6, 6.07) is 25.3. The van der Waals surface area contributed by atoms with Crippen molar-refractivity contribution in [2.75, 3.05) is 14.1 Å². The molecular weight excluding hydrogens is 326 g/mol. The van der Waals surface area contributed by atoms with E-state index >= 15 is 0 Å². The Labute approximate surface area is 156 Å². The van der Waals surface area contributed by atoms with Gasteiger partial charge in [-0.1, -0.05) is 78.3 Å². The fourth-order valence-electron chi connectivity index (χ4n) is 3.03. The molecule has 0 bridgehead atoms. The Morgan fingerprint density at radius 2 is 1.00 bits per heavy atom. The van der Waals surface area contributed by atoms with Crippen LogP contribution in [0.1, 0.15) is 33.7 Å². The summed E-state index contributed by atoms with van der Waals surface area (Å²) in [7, 11) is 3.75. The molecule has 0 atom stereocenters. The SMILES string of the molecule is CNC.Cc1ccccc1C(c1ccccc1C)c1ccccc1Cl. The molecule has 3 aromatic carbocycles. The lowest BCUT2D eigenvalue weighted by molar-refractivity contribution is 0.950. The van der Waals surface area contributed by atoms with Crippen molar-refractivity contribution in [2.24, 2.45) is 0 Å². The summed E-state index contributed by atoms with van der Waals surface area (Å²) >= 11 is 6.52. The van der Waals surface area contributed by atoms with Gasteiger partial charge >= 0.3 is 0 Å². The van der Waals surface area contributed by atoms with E-state index in [0.29, 0.717) is 0 Å². The van der Waals surface area contributed by atoms with Gasteiger partial charge in [0, 0.05) is 10.9 Å². The van der Waals surface area contributed by atoms with Gasteiger partial charge in [0.25, 0.3) is 0 Å². The number of benzene rings is 3. The molecular formula is C23H26ClN. The van der Waals surface area contributed by atoms with Gasteiger partial charge < -0.3 is 5.32 Å². The van der Waals surface area contributed by atoms with Crippen molar-refractivity contribution < 1.29 is 0 Å². The van der Waals surface area contributed by atoms with Crippen LogP contribution in [-0.4, -0.2) is 14.1 Å². The van der Waals surface area contributed by atoms with Crippen LogP contribution >= 0.6 is 11.6 Å². The zero-order valence-corrected chi connectivity index (χ0v) is 16.1. The predicted octanol–water partition coefficient (Wildman–Crippen LogP) is 5.97. The Hall–Kier alpha value is -2.09. The highest BCUT2D eigenvalue weighted by molar-refractivity contribution is 6.31. The third-order valence-electron chi connectivity index (χ3n) is 4.22. The van der Waals surface area contributed by atoms with Crippen molar-refractivity contribution in [1.29, 1.82) is 0 Å². The normalized spacial score (nSPS) is 10.3. The highest BCUT2D eigenvalue weighted by atomic mass is 35.5. The number of hydrogen-bond donors (Lipinski definition) is 1. The molecule has 0 fully saturated rings. The third-order valence-corrected chi connectivity index (χ3v) is 4.56. The van der Waals surface area contributed by atoms with Gasteiger partial charge in [-0.2, -0.15) is 0 Å². The quantitative estimate of drug-likeness (QED) is 0.573. The summed E-state index contributed by atoms with van der Waals surface area (Å²) in [5.74, 6) is 0.163. The van der Waals surface area contributed by atoms with Crippen LogP contribution in [0.3, 0.4) is 0 Å². The first-order valence-electron chi connectivity index (χ1n) is 8.54. The lowest BCUT2D eigenvalue weighted by Crippen LogP contribution is -2.07. The zero-order valence-electron chi connectivity index (χ0n) is 15.4. The zero-order chi connectivity index (χ0) is 18.2. The summed E-state index contributed by atoms with van der Waals surface area (Å²) in [5, 5.41) is 3.57. The predicted molar refractivity (Wildman–Crippen MR) is 110 cm³/mol. The average molecular weight is 352 g/mol. The molecule has 0 aliphatic carbocycles. The summed E-state index contributed by atoms with van der Waals surface area (Å²) in [5.41, 5.74) is 6.36. The monoisotopic (exact) mass is 351 g/mol. The maximum atomic E-state index is 6.52. The molecule has 2 heteroatoms. The Kier molecular flexibility index (Phi) is 7.24. The van der Waals surface area contributed by atoms with Crippen LogP contribution in [0.4, 0.5) is 0 Å². The Morgan fingerprint density at radius 1 is 0.640 bits per heavy atom. The molecule has 0 aromatic heterocycles. The second-order valence-corrected chi connectivity index (χ2v) is 6.57. The highest BCUT2D eigenvalue weighted by Gasteiger charge is 2.21. The van der Waals surface area contributed by atoms with E-state index in [1.165, 1.54) is 22.3 Å². The van der Waals surface area contributed by atoms with E-state index in [9.17, 15) is 0 Å². The van der Waals surface area contributed by atoms with Gasteiger partial charge in [-0.25, -0.2) is 0 Å². The molecule has 0 unspecified atom stereocenters. The topological polar surface area (TPSA) is 12.0 Å². The molecule has 0 spiro atoms. The Bertz CT molecular complexity index is 702. The van der Waals surface area contributed by atoms with Gasteiger partial charge in [0.1, 0.15) is 0 Å². The molecule has 3 rings (SSSR count). The van der Waals surface area contributed by atoms with Crippen LogP contribution in [0.5, 0.6) is 0 Å². The van der Waals surface area contributed by atoms with Gasteiger partial charge in [0.2, 0.25) is 0 Å². The molecule has 25 heavy (non-hydrogen) atoms. The third kappa shape index (κ3) is 4.72. The van der Waals surface area contributed by atoms with E-state index in [2.05, 4.69) is 79.8 Å². The minimum atomic E-state index is 0.163. The summed E-state index contributed by atoms with van der Waals surface area (Å²) < 4.78 is 0. The first kappa shape index (κ1) is 19.2. The fourth-order valence-corrected chi connectivity index (χ4v) is 3.28. The van der Waals surface area contributed by atoms with Crippen molar-refractivity contribution >= 4 is 11.6 Å². The molecule has 0 amide bonds. The first-order chi connectivity index (χ1) is 12.1. The molecule has 0 heterocycles. The first-order valence-corrected chi connectivity index (χ1v) is 8.92. The lowest BCUT2D eigenvalue weighted by atomic mass is 9.81. The Morgan fingerprint density at radius 3 is 1.40 bits per heavy atom. The number of nitrogens with one attached hydrogen (secondary N) is 1. The molecule has 0 radical (unpaired) electrons. The number of halogens is 1. The van der Waals surface area contributed by atoms with Crippen LogP contribution in [-0.2, 0) is 0 Å². The van der Waals surface area contributed by atoms with Crippen molar-refractivity contribution in [2.45, 2.75) is 19.8 Å². The van der Waals surface area contributed by atoms with E-state index in [-0.39, 0.29) is 5.92 Å². The van der Waals surface area contributed by atoms with Crippen molar-refractivity contribution in [3.8, 4) is 0 Å². The van der Waals surface area contributed by atoms with E-state index in [1.807, 2.05) is 26.2 Å². The molecule has 0 aliphatic rings. The number of hydrogen-bond acceptors (Lipinski definition) is 1. The fraction of sp³-hybridized carbons (Fsp3) is 0.217. The number of aryl methyl sites for hydroxylation is 2. The van der Waals surface area contributed by atoms with Gasteiger partial charge in [0.05, 0.1) is 0 Å². The largest absolute Gasteiger partial charge is 0.323 e. The van der Waals surface area contributed by atoms with Crippen molar-refractivity contribution in [1.82, 2.24) is 5.32 Å². The minimum Gasteiger partial charge on any atom is -0.323 e. The summed E-state index contributed by atoms with van der Waals surface area (Å²) in [6.07, 6.45) is 0. The van der Waals surface area contributed by atoms with Gasteiger partial charge in [-0.15, -0.1) is 0 Å². The molecule has 0 aliphatic heterocycles. The van der Waals surface area contributed by atoms with E-state index in [4.69, 9.17) is 11.6 Å². The number of rotatable bonds is 3. The molecule has 1 N–H and O–H groups in total. The highest BCUT2D eigenvalue weighted by Crippen LogP contribution is 2.38. The van der Waals surface area contributed by atoms with E-state index < -0.39 is 0 Å². The van der Waals surface area contributed by atoms with Crippen molar-refractivity contribution in [3.05, 3.63) is 106 Å². The van der Waals surface area contributed by atoms with E-state index in [1.54, 1.807) is 0 Å². The van der Waals surface area contributed by atoms with E-state index in [0.717, 1.165) is 10.6 Å². The summed E-state index contributed by atoms with van der Waals surface area (Å²) in [6.45, 7) is 4.33. The van der Waals surface area contributed by atoms with Gasteiger partial charge in [0.15, 0.2) is 0 Å². The molecule has 0 saturated heterocycles. The molecule has 130 valence electrons. The average Bonchev–Trinajstić information content (AvgIpc) is 2.60. The second kappa shape index (κ2) is 9.41.